The van der Waals surface area contributed by atoms with Crippen molar-refractivity contribution in [1.82, 2.24) is 4.98 Å². The molecular weight excluding hydrogens is 290 g/mol. The zero-order valence-electron chi connectivity index (χ0n) is 12.0. The molecule has 0 atom stereocenters. The molecule has 112 valence electrons. The molecule has 1 aliphatic heterocycles. The number of nitrogens with zero attached hydrogens (tertiary/aromatic N) is 2. The molecule has 0 saturated heterocycles. The van der Waals surface area contributed by atoms with E-state index in [0.29, 0.717) is 5.69 Å². The lowest BCUT2D eigenvalue weighted by Gasteiger charge is -2.19. The highest BCUT2D eigenvalue weighted by atomic mass is 35.5. The molecule has 0 aliphatic carbocycles. The van der Waals surface area contributed by atoms with Gasteiger partial charge in [-0.2, -0.15) is 0 Å². The summed E-state index contributed by atoms with van der Waals surface area (Å²) in [6, 6.07) is 7.83. The lowest BCUT2D eigenvalue weighted by Crippen LogP contribution is -2.14. The minimum absolute atomic E-state index is 0. The van der Waals surface area contributed by atoms with Gasteiger partial charge in [-0.25, -0.2) is 4.98 Å². The van der Waals surface area contributed by atoms with Crippen LogP contribution in [0.2, 0.25) is 0 Å². The number of aromatic nitrogens is 1. The van der Waals surface area contributed by atoms with Crippen molar-refractivity contribution in [1.29, 1.82) is 0 Å². The average Bonchev–Trinajstić information content (AvgIpc) is 2.89. The number of hydrogen-bond donors (Lipinski definition) is 1. The van der Waals surface area contributed by atoms with Gasteiger partial charge in [-0.05, 0) is 30.2 Å². The fourth-order valence-electron chi connectivity index (χ4n) is 2.51. The molecule has 21 heavy (non-hydrogen) atoms. The van der Waals surface area contributed by atoms with Gasteiger partial charge in [-0.1, -0.05) is 0 Å². The van der Waals surface area contributed by atoms with Gasteiger partial charge in [0.2, 0.25) is 0 Å². The van der Waals surface area contributed by atoms with E-state index in [0.717, 1.165) is 36.0 Å². The minimum Gasteiger partial charge on any atom is -0.493 e. The summed E-state index contributed by atoms with van der Waals surface area (Å²) in [7, 11) is 3.30. The summed E-state index contributed by atoms with van der Waals surface area (Å²) < 4.78 is 10.7. The van der Waals surface area contributed by atoms with Crippen LogP contribution in [0.3, 0.4) is 0 Å². The highest BCUT2D eigenvalue weighted by Gasteiger charge is 2.24. The van der Waals surface area contributed by atoms with E-state index in [9.17, 15) is 0 Å². The quantitative estimate of drug-likeness (QED) is 0.945. The van der Waals surface area contributed by atoms with E-state index < -0.39 is 0 Å². The van der Waals surface area contributed by atoms with Crippen LogP contribution in [-0.4, -0.2) is 25.7 Å². The van der Waals surface area contributed by atoms with Gasteiger partial charge in [-0.3, -0.25) is 0 Å². The number of nitrogens with two attached hydrogens (primary N) is 1. The number of ether oxygens (including phenoxy) is 2. The van der Waals surface area contributed by atoms with Crippen LogP contribution in [0.4, 0.5) is 17.2 Å². The van der Waals surface area contributed by atoms with Gasteiger partial charge in [0, 0.05) is 18.3 Å². The van der Waals surface area contributed by atoms with E-state index in [4.69, 9.17) is 15.2 Å². The molecule has 0 radical (unpaired) electrons. The summed E-state index contributed by atoms with van der Waals surface area (Å²) >= 11 is 0. The first-order chi connectivity index (χ1) is 9.72. The monoisotopic (exact) mass is 307 g/mol. The number of nitrogen functional groups attached to an aromatic ring is 1. The van der Waals surface area contributed by atoms with Gasteiger partial charge in [0.25, 0.3) is 0 Å². The molecule has 1 aromatic carbocycles. The smallest absolute Gasteiger partial charge is 0.162 e. The van der Waals surface area contributed by atoms with Crippen molar-refractivity contribution < 1.29 is 9.47 Å². The van der Waals surface area contributed by atoms with Crippen LogP contribution in [0.5, 0.6) is 11.5 Å². The fraction of sp³-hybridized carbons (Fsp3) is 0.267. The van der Waals surface area contributed by atoms with E-state index in [1.807, 2.05) is 24.3 Å². The average molecular weight is 308 g/mol. The third kappa shape index (κ3) is 2.69. The highest BCUT2D eigenvalue weighted by Crippen LogP contribution is 2.41. The number of anilines is 3. The van der Waals surface area contributed by atoms with E-state index in [2.05, 4.69) is 9.88 Å². The Balaban J connectivity index is 0.00000161. The summed E-state index contributed by atoms with van der Waals surface area (Å²) in [6.07, 6.45) is 2.63. The first-order valence-electron chi connectivity index (χ1n) is 6.47. The van der Waals surface area contributed by atoms with E-state index >= 15 is 0 Å². The molecule has 2 heterocycles. The number of halogens is 1. The van der Waals surface area contributed by atoms with Crippen molar-refractivity contribution in [3.05, 3.63) is 36.0 Å². The van der Waals surface area contributed by atoms with E-state index in [-0.39, 0.29) is 12.4 Å². The van der Waals surface area contributed by atoms with Crippen molar-refractivity contribution >= 4 is 29.6 Å². The number of benzene rings is 1. The van der Waals surface area contributed by atoms with Gasteiger partial charge in [-0.15, -0.1) is 12.4 Å². The van der Waals surface area contributed by atoms with E-state index in [1.165, 1.54) is 5.56 Å². The van der Waals surface area contributed by atoms with Crippen LogP contribution < -0.4 is 20.1 Å². The Morgan fingerprint density at radius 2 is 1.86 bits per heavy atom. The summed E-state index contributed by atoms with van der Waals surface area (Å²) in [6.45, 7) is 0.891. The van der Waals surface area contributed by atoms with Crippen LogP contribution in [-0.2, 0) is 6.42 Å². The first kappa shape index (κ1) is 15.3. The Labute approximate surface area is 130 Å². The van der Waals surface area contributed by atoms with Crippen molar-refractivity contribution in [2.45, 2.75) is 6.42 Å². The number of pyridine rings is 1. The van der Waals surface area contributed by atoms with Crippen LogP contribution in [0.25, 0.3) is 0 Å². The molecule has 6 heteroatoms. The zero-order valence-corrected chi connectivity index (χ0v) is 12.8. The molecule has 0 bridgehead atoms. The Morgan fingerprint density at radius 3 is 2.48 bits per heavy atom. The molecule has 0 unspecified atom stereocenters. The lowest BCUT2D eigenvalue weighted by molar-refractivity contribution is 0.355. The number of hydrogen-bond acceptors (Lipinski definition) is 5. The molecular formula is C15H18ClN3O2. The van der Waals surface area contributed by atoms with Crippen LogP contribution in [0.1, 0.15) is 5.56 Å². The minimum atomic E-state index is 0. The predicted octanol–water partition coefficient (Wildman–Crippen LogP) is 2.80. The number of methoxy groups -OCH3 is 2. The molecule has 3 rings (SSSR count). The normalized spacial score (nSPS) is 12.6. The maximum atomic E-state index is 5.69. The van der Waals surface area contributed by atoms with Crippen molar-refractivity contribution in [2.75, 3.05) is 31.4 Å². The predicted molar refractivity (Wildman–Crippen MR) is 86.2 cm³/mol. The SMILES string of the molecule is COc1cc2c(cc1OC)N(c1ccc(N)cn1)CC2.Cl. The highest BCUT2D eigenvalue weighted by molar-refractivity contribution is 5.85. The Hall–Kier alpha value is -2.14. The lowest BCUT2D eigenvalue weighted by atomic mass is 10.1. The van der Waals surface area contributed by atoms with Crippen molar-refractivity contribution in [3.8, 4) is 11.5 Å². The van der Waals surface area contributed by atoms with Crippen molar-refractivity contribution in [2.24, 2.45) is 0 Å². The molecule has 5 nitrogen and oxygen atoms in total. The molecule has 2 aromatic rings. The van der Waals surface area contributed by atoms with Crippen LogP contribution in [0.15, 0.2) is 30.5 Å². The van der Waals surface area contributed by atoms with Gasteiger partial charge in [0.05, 0.1) is 26.1 Å². The van der Waals surface area contributed by atoms with Crippen LogP contribution in [0, 0.1) is 0 Å². The molecule has 1 aliphatic rings. The number of fused-ring (bicyclic) bond motifs is 1. The Bertz CT molecular complexity index is 632. The maximum Gasteiger partial charge on any atom is 0.162 e. The summed E-state index contributed by atoms with van der Waals surface area (Å²) in [5, 5.41) is 0. The third-order valence-electron chi connectivity index (χ3n) is 3.53. The second kappa shape index (κ2) is 6.10. The molecule has 1 aromatic heterocycles. The number of rotatable bonds is 3. The second-order valence-corrected chi connectivity index (χ2v) is 4.69. The van der Waals surface area contributed by atoms with Crippen molar-refractivity contribution in [3.63, 3.8) is 0 Å². The largest absolute Gasteiger partial charge is 0.493 e. The first-order valence-corrected chi connectivity index (χ1v) is 6.47. The fourth-order valence-corrected chi connectivity index (χ4v) is 2.51. The summed E-state index contributed by atoms with van der Waals surface area (Å²) in [4.78, 5) is 6.55. The second-order valence-electron chi connectivity index (χ2n) is 4.69. The standard InChI is InChI=1S/C15H17N3O2.ClH/c1-19-13-7-10-5-6-18(12(10)8-14(13)20-2)15-4-3-11(16)9-17-15;/h3-4,7-9H,5-6,16H2,1-2H3;1H. The molecule has 2 N–H and O–H groups in total. The summed E-state index contributed by atoms with van der Waals surface area (Å²) in [5.41, 5.74) is 8.70. The molecule has 0 amide bonds. The van der Waals surface area contributed by atoms with Gasteiger partial charge < -0.3 is 20.1 Å². The Kier molecular flexibility index (Phi) is 4.43. The summed E-state index contributed by atoms with van der Waals surface area (Å²) in [5.74, 6) is 2.39. The van der Waals surface area contributed by atoms with Gasteiger partial charge in [0.1, 0.15) is 5.82 Å². The third-order valence-corrected chi connectivity index (χ3v) is 3.53. The van der Waals surface area contributed by atoms with Crippen LogP contribution >= 0.6 is 12.4 Å². The topological polar surface area (TPSA) is 60.6 Å². The van der Waals surface area contributed by atoms with Gasteiger partial charge in [0.15, 0.2) is 11.5 Å². The zero-order chi connectivity index (χ0) is 14.1. The van der Waals surface area contributed by atoms with E-state index in [1.54, 1.807) is 20.4 Å². The van der Waals surface area contributed by atoms with Gasteiger partial charge >= 0.3 is 0 Å². The molecule has 0 saturated carbocycles. The maximum absolute atomic E-state index is 5.69. The Morgan fingerprint density at radius 1 is 1.14 bits per heavy atom. The molecule has 0 spiro atoms. The molecule has 0 fully saturated rings.